The van der Waals surface area contributed by atoms with E-state index in [4.69, 9.17) is 9.72 Å². The number of hydrogen-bond donors (Lipinski definition) is 1. The van der Waals surface area contributed by atoms with Gasteiger partial charge < -0.3 is 15.0 Å². The van der Waals surface area contributed by atoms with Gasteiger partial charge in [0.15, 0.2) is 5.96 Å². The average molecular weight is 361 g/mol. The summed E-state index contributed by atoms with van der Waals surface area (Å²) in [6, 6.07) is 8.12. The molecule has 1 aromatic heterocycles. The number of thiazole rings is 1. The van der Waals surface area contributed by atoms with Crippen molar-refractivity contribution < 1.29 is 4.74 Å². The highest BCUT2D eigenvalue weighted by Crippen LogP contribution is 2.18. The van der Waals surface area contributed by atoms with Gasteiger partial charge >= 0.3 is 0 Å². The number of nitrogens with one attached hydrogen (secondary N) is 1. The summed E-state index contributed by atoms with van der Waals surface area (Å²) in [5, 5.41) is 4.62. The average Bonchev–Trinajstić information content (AvgIpc) is 2.99. The molecule has 1 aromatic carbocycles. The van der Waals surface area contributed by atoms with Crippen molar-refractivity contribution in [1.82, 2.24) is 15.2 Å². The summed E-state index contributed by atoms with van der Waals surface area (Å²) >= 11 is 1.80. The minimum Gasteiger partial charge on any atom is -0.497 e. The van der Waals surface area contributed by atoms with Crippen LogP contribution in [0.25, 0.3) is 0 Å². The lowest BCUT2D eigenvalue weighted by molar-refractivity contribution is 0.414. The quantitative estimate of drug-likeness (QED) is 0.608. The molecule has 0 aliphatic heterocycles. The highest BCUT2D eigenvalue weighted by molar-refractivity contribution is 7.11. The van der Waals surface area contributed by atoms with Crippen LogP contribution in [0.3, 0.4) is 0 Å². The fraction of sp³-hybridized carbons (Fsp3) is 0.474. The van der Waals surface area contributed by atoms with Gasteiger partial charge in [-0.25, -0.2) is 4.98 Å². The molecule has 2 rings (SSSR count). The van der Waals surface area contributed by atoms with E-state index < -0.39 is 0 Å². The lowest BCUT2D eigenvalue weighted by atomic mass is 10.2. The zero-order valence-corrected chi connectivity index (χ0v) is 16.6. The molecule has 5 nitrogen and oxygen atoms in total. The summed E-state index contributed by atoms with van der Waals surface area (Å²) in [5.74, 6) is 1.76. The van der Waals surface area contributed by atoms with Crippen LogP contribution in [-0.4, -0.2) is 43.6 Å². The molecular weight excluding hydrogens is 332 g/mol. The molecule has 0 unspecified atom stereocenters. The molecule has 0 fully saturated rings. The maximum atomic E-state index is 5.20. The van der Waals surface area contributed by atoms with Gasteiger partial charge in [-0.3, -0.25) is 4.99 Å². The van der Waals surface area contributed by atoms with Crippen LogP contribution in [0.15, 0.2) is 29.3 Å². The summed E-state index contributed by atoms with van der Waals surface area (Å²) in [6.45, 7) is 5.92. The van der Waals surface area contributed by atoms with E-state index in [1.807, 2.05) is 26.2 Å². The molecule has 0 aliphatic rings. The summed E-state index contributed by atoms with van der Waals surface area (Å²) in [6.07, 6.45) is 1.92. The fourth-order valence-corrected chi connectivity index (χ4v) is 3.69. The number of aliphatic imine (C=N–C) groups is 1. The molecule has 0 atom stereocenters. The minimum absolute atomic E-state index is 0.792. The van der Waals surface area contributed by atoms with Gasteiger partial charge in [-0.05, 0) is 31.0 Å². The van der Waals surface area contributed by atoms with Gasteiger partial charge in [0, 0.05) is 38.5 Å². The first-order valence-electron chi connectivity index (χ1n) is 8.57. The Hall–Kier alpha value is -2.08. The molecule has 0 aliphatic carbocycles. The van der Waals surface area contributed by atoms with Crippen molar-refractivity contribution in [3.8, 4) is 5.75 Å². The Kier molecular flexibility index (Phi) is 7.25. The minimum atomic E-state index is 0.792. The third kappa shape index (κ3) is 5.46. The van der Waals surface area contributed by atoms with Crippen LogP contribution in [0.4, 0.5) is 0 Å². The molecule has 2 aromatic rings. The van der Waals surface area contributed by atoms with Gasteiger partial charge in [0.2, 0.25) is 0 Å². The van der Waals surface area contributed by atoms with Gasteiger partial charge in [-0.2, -0.15) is 0 Å². The summed E-state index contributed by atoms with van der Waals surface area (Å²) in [4.78, 5) is 12.5. The SMILES string of the molecule is CCc1nc(CCNC(=NC)N(C)Cc2ccc(OC)cc2)sc1C. The van der Waals surface area contributed by atoms with Crippen LogP contribution in [0.2, 0.25) is 0 Å². The second-order valence-corrected chi connectivity index (χ2v) is 7.18. The third-order valence-electron chi connectivity index (χ3n) is 4.05. The van der Waals surface area contributed by atoms with Crippen molar-refractivity contribution in [2.24, 2.45) is 4.99 Å². The maximum Gasteiger partial charge on any atom is 0.193 e. The van der Waals surface area contributed by atoms with E-state index in [1.54, 1.807) is 18.4 Å². The Morgan fingerprint density at radius 1 is 1.32 bits per heavy atom. The van der Waals surface area contributed by atoms with Crippen LogP contribution in [0.1, 0.15) is 28.1 Å². The predicted molar refractivity (Wildman–Crippen MR) is 106 cm³/mol. The molecule has 0 bridgehead atoms. The van der Waals surface area contributed by atoms with Gasteiger partial charge in [0.05, 0.1) is 17.8 Å². The highest BCUT2D eigenvalue weighted by Gasteiger charge is 2.09. The molecule has 0 amide bonds. The first-order chi connectivity index (χ1) is 12.1. The van der Waals surface area contributed by atoms with Crippen molar-refractivity contribution >= 4 is 17.3 Å². The van der Waals surface area contributed by atoms with Crippen LogP contribution in [0, 0.1) is 6.92 Å². The van der Waals surface area contributed by atoms with Gasteiger partial charge in [0.25, 0.3) is 0 Å². The Morgan fingerprint density at radius 2 is 2.04 bits per heavy atom. The fourth-order valence-electron chi connectivity index (χ4n) is 2.67. The molecule has 136 valence electrons. The smallest absolute Gasteiger partial charge is 0.193 e. The summed E-state index contributed by atoms with van der Waals surface area (Å²) in [7, 11) is 5.54. The molecule has 6 heteroatoms. The monoisotopic (exact) mass is 360 g/mol. The number of aromatic nitrogens is 1. The van der Waals surface area contributed by atoms with E-state index in [0.717, 1.165) is 37.6 Å². The number of hydrogen-bond acceptors (Lipinski definition) is 4. The van der Waals surface area contributed by atoms with E-state index in [9.17, 15) is 0 Å². The molecule has 0 radical (unpaired) electrons. The standard InChI is InChI=1S/C19H28N4OS/c1-6-17-14(2)25-18(22-17)11-12-21-19(20-3)23(4)13-15-7-9-16(24-5)10-8-15/h7-10H,6,11-13H2,1-5H3,(H,20,21). The Labute approximate surface area is 154 Å². The van der Waals surface area contributed by atoms with E-state index >= 15 is 0 Å². The van der Waals surface area contributed by atoms with Crippen molar-refractivity contribution in [2.45, 2.75) is 33.2 Å². The lowest BCUT2D eigenvalue weighted by Crippen LogP contribution is -2.39. The highest BCUT2D eigenvalue weighted by atomic mass is 32.1. The zero-order valence-electron chi connectivity index (χ0n) is 15.8. The topological polar surface area (TPSA) is 49.8 Å². The second-order valence-electron chi connectivity index (χ2n) is 5.89. The number of aryl methyl sites for hydroxylation is 2. The van der Waals surface area contributed by atoms with Gasteiger partial charge in [-0.1, -0.05) is 19.1 Å². The Balaban J connectivity index is 1.85. The molecule has 1 heterocycles. The van der Waals surface area contributed by atoms with Gasteiger partial charge in [0.1, 0.15) is 5.75 Å². The molecule has 1 N–H and O–H groups in total. The zero-order chi connectivity index (χ0) is 18.2. The van der Waals surface area contributed by atoms with Crippen molar-refractivity contribution in [1.29, 1.82) is 0 Å². The number of guanidine groups is 1. The number of nitrogens with zero attached hydrogens (tertiary/aromatic N) is 3. The summed E-state index contributed by atoms with van der Waals surface area (Å²) in [5.41, 5.74) is 2.44. The number of rotatable bonds is 7. The van der Waals surface area contributed by atoms with E-state index in [1.165, 1.54) is 21.1 Å². The molecule has 0 saturated carbocycles. The molecule has 0 spiro atoms. The first kappa shape index (κ1) is 19.2. The Bertz CT molecular complexity index is 694. The number of methoxy groups -OCH3 is 1. The normalized spacial score (nSPS) is 11.5. The number of benzene rings is 1. The number of ether oxygens (including phenoxy) is 1. The van der Waals surface area contributed by atoms with E-state index in [0.29, 0.717) is 0 Å². The van der Waals surface area contributed by atoms with Crippen LogP contribution in [-0.2, 0) is 19.4 Å². The molecule has 25 heavy (non-hydrogen) atoms. The largest absolute Gasteiger partial charge is 0.497 e. The van der Waals surface area contributed by atoms with Crippen molar-refractivity contribution in [3.05, 3.63) is 45.4 Å². The Morgan fingerprint density at radius 3 is 2.60 bits per heavy atom. The predicted octanol–water partition coefficient (Wildman–Crippen LogP) is 3.27. The van der Waals surface area contributed by atoms with Crippen LogP contribution >= 0.6 is 11.3 Å². The molecule has 0 saturated heterocycles. The third-order valence-corrected chi connectivity index (χ3v) is 5.12. The van der Waals surface area contributed by atoms with E-state index in [-0.39, 0.29) is 0 Å². The lowest BCUT2D eigenvalue weighted by Gasteiger charge is -2.22. The maximum absolute atomic E-state index is 5.20. The van der Waals surface area contributed by atoms with Crippen LogP contribution in [0.5, 0.6) is 5.75 Å². The molecular formula is C19H28N4OS. The van der Waals surface area contributed by atoms with E-state index in [2.05, 4.69) is 41.2 Å². The van der Waals surface area contributed by atoms with Crippen molar-refractivity contribution in [2.75, 3.05) is 27.7 Å². The van der Waals surface area contributed by atoms with Crippen LogP contribution < -0.4 is 10.1 Å². The first-order valence-corrected chi connectivity index (χ1v) is 9.38. The second kappa shape index (κ2) is 9.42. The van der Waals surface area contributed by atoms with Gasteiger partial charge in [-0.15, -0.1) is 11.3 Å². The van der Waals surface area contributed by atoms with Crippen molar-refractivity contribution in [3.63, 3.8) is 0 Å². The summed E-state index contributed by atoms with van der Waals surface area (Å²) < 4.78 is 5.20.